The molecule has 1 fully saturated rings. The maximum atomic E-state index is 13.9. The quantitative estimate of drug-likeness (QED) is 0.408. The van der Waals surface area contributed by atoms with E-state index in [1.54, 1.807) is 10.9 Å². The van der Waals surface area contributed by atoms with Gasteiger partial charge in [-0.25, -0.2) is 28.1 Å². The lowest BCUT2D eigenvalue weighted by Gasteiger charge is -2.23. The van der Waals surface area contributed by atoms with E-state index in [1.165, 1.54) is 0 Å². The summed E-state index contributed by atoms with van der Waals surface area (Å²) in [5.74, 6) is -3.26. The van der Waals surface area contributed by atoms with Crippen molar-refractivity contribution >= 4 is 35.3 Å². The van der Waals surface area contributed by atoms with Gasteiger partial charge in [-0.1, -0.05) is 0 Å². The zero-order valence-electron chi connectivity index (χ0n) is 13.4. The van der Waals surface area contributed by atoms with Gasteiger partial charge in [-0.3, -0.25) is 4.57 Å². The fraction of sp³-hybridized carbons (Fsp3) is 0.312. The highest BCUT2D eigenvalue weighted by molar-refractivity contribution is 7.80. The van der Waals surface area contributed by atoms with Gasteiger partial charge in [0.1, 0.15) is 12.0 Å². The molecule has 1 unspecified atom stereocenters. The summed E-state index contributed by atoms with van der Waals surface area (Å²) in [4.78, 5) is 12.6. The van der Waals surface area contributed by atoms with Gasteiger partial charge in [-0.2, -0.15) is 0 Å². The molecule has 3 heterocycles. The number of nitrogens with zero attached hydrogens (tertiary/aromatic N) is 4. The average molecular weight is 381 g/mol. The summed E-state index contributed by atoms with van der Waals surface area (Å²) < 4.78 is 48.0. The van der Waals surface area contributed by atoms with Crippen LogP contribution in [0, 0.1) is 17.5 Å². The third-order valence-corrected chi connectivity index (χ3v) is 4.34. The predicted octanol–water partition coefficient (Wildman–Crippen LogP) is 3.98. The first kappa shape index (κ1) is 17.1. The van der Waals surface area contributed by atoms with E-state index < -0.39 is 17.5 Å². The van der Waals surface area contributed by atoms with Gasteiger partial charge >= 0.3 is 0 Å². The highest BCUT2D eigenvalue weighted by Crippen LogP contribution is 2.30. The molecule has 1 saturated heterocycles. The molecule has 0 aliphatic carbocycles. The van der Waals surface area contributed by atoms with Crippen molar-refractivity contribution in [3.63, 3.8) is 0 Å². The van der Waals surface area contributed by atoms with Crippen LogP contribution in [0.4, 0.5) is 24.7 Å². The van der Waals surface area contributed by atoms with Crippen molar-refractivity contribution in [2.45, 2.75) is 30.6 Å². The van der Waals surface area contributed by atoms with E-state index in [1.807, 2.05) is 0 Å². The molecule has 1 aromatic carbocycles. The molecule has 2 aromatic heterocycles. The van der Waals surface area contributed by atoms with Crippen LogP contribution in [-0.2, 0) is 4.74 Å². The molecule has 136 valence electrons. The van der Waals surface area contributed by atoms with Crippen LogP contribution in [0.2, 0.25) is 0 Å². The van der Waals surface area contributed by atoms with Gasteiger partial charge in [0.25, 0.3) is 0 Å². The number of hydrogen-bond acceptors (Lipinski definition) is 6. The zero-order valence-corrected chi connectivity index (χ0v) is 14.3. The number of aromatic nitrogens is 4. The third kappa shape index (κ3) is 3.10. The Morgan fingerprint density at radius 1 is 1.12 bits per heavy atom. The molecular formula is C16H14F3N5OS. The number of anilines is 2. The molecule has 0 bridgehead atoms. The second-order valence-electron chi connectivity index (χ2n) is 5.89. The van der Waals surface area contributed by atoms with Gasteiger partial charge in [-0.15, -0.1) is 12.6 Å². The average Bonchev–Trinajstić information content (AvgIpc) is 3.04. The smallest absolute Gasteiger partial charge is 0.188 e. The van der Waals surface area contributed by atoms with Crippen LogP contribution in [0.1, 0.15) is 25.5 Å². The molecule has 0 amide bonds. The lowest BCUT2D eigenvalue weighted by Crippen LogP contribution is -2.17. The maximum Gasteiger partial charge on any atom is 0.188 e. The molecule has 26 heavy (non-hydrogen) atoms. The minimum absolute atomic E-state index is 0.126. The molecule has 0 saturated carbocycles. The zero-order chi connectivity index (χ0) is 18.3. The summed E-state index contributed by atoms with van der Waals surface area (Å²) in [7, 11) is 0. The second-order valence-corrected chi connectivity index (χ2v) is 6.29. The van der Waals surface area contributed by atoms with Crippen molar-refractivity contribution in [2.24, 2.45) is 0 Å². The number of rotatable bonds is 3. The van der Waals surface area contributed by atoms with Gasteiger partial charge in [0.05, 0.1) is 12.0 Å². The Hall–Kier alpha value is -2.33. The SMILES string of the molecule is Fc1cc(F)c(Nc2nc(S)nc3c2ncn3C2CCCCO2)cc1F. The first-order valence-corrected chi connectivity index (χ1v) is 8.44. The second kappa shape index (κ2) is 6.76. The number of benzene rings is 1. The number of imidazole rings is 1. The fourth-order valence-corrected chi connectivity index (χ4v) is 3.09. The molecule has 6 nitrogen and oxygen atoms in total. The van der Waals surface area contributed by atoms with Gasteiger partial charge in [0.2, 0.25) is 0 Å². The minimum atomic E-state index is -1.27. The Balaban J connectivity index is 1.76. The van der Waals surface area contributed by atoms with Crippen LogP contribution < -0.4 is 5.32 Å². The number of halogens is 3. The standard InChI is InChI=1S/C16H14F3N5OS/c17-8-5-10(19)11(6-9(8)18)21-14-13-15(23-16(26)22-14)24(7-20-13)12-3-1-2-4-25-12/h5-7,12H,1-4H2,(H2,21,22,23,26). The predicted molar refractivity (Wildman–Crippen MR) is 91.0 cm³/mol. The monoisotopic (exact) mass is 381 g/mol. The fourth-order valence-electron chi connectivity index (χ4n) is 2.89. The van der Waals surface area contributed by atoms with Crippen LogP contribution >= 0.6 is 12.6 Å². The molecule has 10 heteroatoms. The van der Waals surface area contributed by atoms with Crippen molar-refractivity contribution in [1.82, 2.24) is 19.5 Å². The van der Waals surface area contributed by atoms with E-state index in [2.05, 4.69) is 32.9 Å². The van der Waals surface area contributed by atoms with Gasteiger partial charge in [0, 0.05) is 18.7 Å². The molecule has 1 aliphatic rings. The Morgan fingerprint density at radius 3 is 2.69 bits per heavy atom. The van der Waals surface area contributed by atoms with Crippen LogP contribution in [0.3, 0.4) is 0 Å². The Bertz CT molecular complexity index is 974. The Labute approximate surface area is 151 Å². The summed E-state index contributed by atoms with van der Waals surface area (Å²) >= 11 is 4.17. The van der Waals surface area contributed by atoms with E-state index in [0.717, 1.165) is 25.3 Å². The summed E-state index contributed by atoms with van der Waals surface area (Å²) in [5.41, 5.74) is 0.545. The number of ether oxygens (including phenoxy) is 1. The first-order chi connectivity index (χ1) is 12.5. The van der Waals surface area contributed by atoms with Crippen molar-refractivity contribution in [3.05, 3.63) is 35.9 Å². The van der Waals surface area contributed by atoms with E-state index in [-0.39, 0.29) is 22.9 Å². The van der Waals surface area contributed by atoms with Gasteiger partial charge < -0.3 is 10.1 Å². The van der Waals surface area contributed by atoms with Crippen LogP contribution in [0.15, 0.2) is 23.6 Å². The Kier molecular flexibility index (Phi) is 4.45. The van der Waals surface area contributed by atoms with Crippen molar-refractivity contribution < 1.29 is 17.9 Å². The Morgan fingerprint density at radius 2 is 1.92 bits per heavy atom. The molecule has 1 aliphatic heterocycles. The van der Waals surface area contributed by atoms with E-state index >= 15 is 0 Å². The third-order valence-electron chi connectivity index (χ3n) is 4.14. The molecule has 3 aromatic rings. The van der Waals surface area contributed by atoms with Crippen LogP contribution in [0.5, 0.6) is 0 Å². The molecule has 0 spiro atoms. The normalized spacial score (nSPS) is 17.6. The largest absolute Gasteiger partial charge is 0.358 e. The summed E-state index contributed by atoms with van der Waals surface area (Å²) in [6, 6.07) is 1.18. The van der Waals surface area contributed by atoms with Crippen molar-refractivity contribution in [3.8, 4) is 0 Å². The first-order valence-electron chi connectivity index (χ1n) is 7.99. The van der Waals surface area contributed by atoms with E-state index in [4.69, 9.17) is 4.74 Å². The maximum absolute atomic E-state index is 13.9. The number of hydrogen-bond donors (Lipinski definition) is 2. The van der Waals surface area contributed by atoms with Crippen molar-refractivity contribution in [2.75, 3.05) is 11.9 Å². The van der Waals surface area contributed by atoms with Gasteiger partial charge in [-0.05, 0) is 19.3 Å². The highest BCUT2D eigenvalue weighted by atomic mass is 32.1. The molecule has 4 rings (SSSR count). The van der Waals surface area contributed by atoms with E-state index in [0.29, 0.717) is 23.8 Å². The van der Waals surface area contributed by atoms with Crippen LogP contribution in [0.25, 0.3) is 11.2 Å². The number of fused-ring (bicyclic) bond motifs is 1. The summed E-state index contributed by atoms with van der Waals surface area (Å²) in [5, 5.41) is 2.77. The molecule has 1 N–H and O–H groups in total. The molecule has 1 atom stereocenters. The summed E-state index contributed by atoms with van der Waals surface area (Å²) in [6.07, 6.45) is 4.20. The minimum Gasteiger partial charge on any atom is -0.358 e. The summed E-state index contributed by atoms with van der Waals surface area (Å²) in [6.45, 7) is 0.647. The number of nitrogens with one attached hydrogen (secondary N) is 1. The highest BCUT2D eigenvalue weighted by Gasteiger charge is 2.21. The molecule has 0 radical (unpaired) electrons. The van der Waals surface area contributed by atoms with Gasteiger partial charge in [0.15, 0.2) is 33.8 Å². The van der Waals surface area contributed by atoms with Crippen LogP contribution in [-0.4, -0.2) is 26.1 Å². The topological polar surface area (TPSA) is 64.9 Å². The lowest BCUT2D eigenvalue weighted by molar-refractivity contribution is -0.0298. The number of thiol groups is 1. The lowest BCUT2D eigenvalue weighted by atomic mass is 10.2. The van der Waals surface area contributed by atoms with E-state index in [9.17, 15) is 13.2 Å². The molecular weight excluding hydrogens is 367 g/mol. The van der Waals surface area contributed by atoms with Crippen molar-refractivity contribution in [1.29, 1.82) is 0 Å².